The highest BCUT2D eigenvalue weighted by Crippen LogP contribution is 2.14. The third-order valence-corrected chi connectivity index (χ3v) is 5.27. The number of esters is 1. The number of unbranched alkanes of at least 4 members (excludes halogenated alkanes) is 1. The molecule has 0 fully saturated rings. The van der Waals surface area contributed by atoms with Crippen molar-refractivity contribution in [3.63, 3.8) is 0 Å². The monoisotopic (exact) mass is 566 g/mol. The fourth-order valence-electron chi connectivity index (χ4n) is 3.09. The van der Waals surface area contributed by atoms with Crippen LogP contribution < -0.4 is 0 Å². The highest BCUT2D eigenvalue weighted by atomic mass is 16.6. The zero-order valence-corrected chi connectivity index (χ0v) is 24.4. The Morgan fingerprint density at radius 1 is 0.564 bits per heavy atom. The van der Waals surface area contributed by atoms with Crippen LogP contribution in [0.15, 0.2) is 12.8 Å². The number of hydrogen-bond donors (Lipinski definition) is 0. The molecule has 0 aromatic carbocycles. The average Bonchev–Trinajstić information content (AvgIpc) is 2.95. The molecule has 232 valence electrons. The summed E-state index contributed by atoms with van der Waals surface area (Å²) in [5.41, 5.74) is 0. The molecular formula is C28H54O11. The largest absolute Gasteiger partial charge is 0.499 e. The van der Waals surface area contributed by atoms with Gasteiger partial charge in [-0.1, -0.05) is 33.3 Å². The quantitative estimate of drug-likeness (QED) is 0.0664. The second-order valence-electron chi connectivity index (χ2n) is 8.35. The molecule has 0 saturated carbocycles. The van der Waals surface area contributed by atoms with Gasteiger partial charge in [-0.2, -0.15) is 0 Å². The molecular weight excluding hydrogens is 512 g/mol. The van der Waals surface area contributed by atoms with Gasteiger partial charge in [-0.15, -0.1) is 0 Å². The van der Waals surface area contributed by atoms with Crippen LogP contribution in [-0.2, 0) is 52.2 Å². The van der Waals surface area contributed by atoms with Crippen LogP contribution in [0.2, 0.25) is 0 Å². The van der Waals surface area contributed by atoms with Gasteiger partial charge in [-0.25, -0.2) is 0 Å². The van der Waals surface area contributed by atoms with Crippen molar-refractivity contribution in [1.29, 1.82) is 0 Å². The van der Waals surface area contributed by atoms with Crippen LogP contribution in [0, 0.1) is 5.92 Å². The molecule has 0 aromatic rings. The Morgan fingerprint density at radius 3 is 1.21 bits per heavy atom. The molecule has 0 N–H and O–H groups in total. The number of carbonyl (C=O) groups is 1. The lowest BCUT2D eigenvalue weighted by Crippen LogP contribution is -2.20. The summed E-state index contributed by atoms with van der Waals surface area (Å²) in [7, 11) is 0. The minimum Gasteiger partial charge on any atom is -0.499 e. The SMILES string of the molecule is C=COCCOCCOCCOCCOCCOCCOCCOCCOCCOC(=O)C(CC)CCCC. The summed E-state index contributed by atoms with van der Waals surface area (Å²) in [5.74, 6) is -0.118. The van der Waals surface area contributed by atoms with Gasteiger partial charge in [0.05, 0.1) is 118 Å². The molecule has 0 amide bonds. The summed E-state index contributed by atoms with van der Waals surface area (Å²) in [4.78, 5) is 12.0. The van der Waals surface area contributed by atoms with E-state index in [1.807, 2.05) is 6.92 Å². The zero-order chi connectivity index (χ0) is 28.5. The smallest absolute Gasteiger partial charge is 0.308 e. The maximum absolute atomic E-state index is 12.0. The predicted octanol–water partition coefficient (Wildman–Crippen LogP) is 3.04. The molecule has 0 aliphatic carbocycles. The van der Waals surface area contributed by atoms with Gasteiger partial charge in [0.25, 0.3) is 0 Å². The number of rotatable bonds is 33. The predicted molar refractivity (Wildman–Crippen MR) is 147 cm³/mol. The standard InChI is InChI=1S/C28H54O11/c1-4-7-8-27(5-2)28(29)39-26-25-38-24-23-37-22-21-36-20-19-35-18-17-34-16-15-33-14-13-32-12-11-31-10-9-30-6-3/h6,27H,3-5,7-26H2,1-2H3. The van der Waals surface area contributed by atoms with Crippen LogP contribution in [-0.4, -0.2) is 125 Å². The molecule has 1 unspecified atom stereocenters. The Morgan fingerprint density at radius 2 is 0.897 bits per heavy atom. The van der Waals surface area contributed by atoms with Crippen LogP contribution >= 0.6 is 0 Å². The summed E-state index contributed by atoms with van der Waals surface area (Å²) < 4.78 is 53.6. The summed E-state index contributed by atoms with van der Waals surface area (Å²) in [6.07, 6.45) is 5.24. The second-order valence-corrected chi connectivity index (χ2v) is 8.35. The van der Waals surface area contributed by atoms with Crippen molar-refractivity contribution in [3.05, 3.63) is 12.8 Å². The van der Waals surface area contributed by atoms with E-state index < -0.39 is 0 Å². The van der Waals surface area contributed by atoms with Crippen LogP contribution in [0.5, 0.6) is 0 Å². The minimum absolute atomic E-state index is 0.000289. The molecule has 1 atom stereocenters. The van der Waals surface area contributed by atoms with Gasteiger partial charge < -0.3 is 47.4 Å². The molecule has 0 aliphatic heterocycles. The average molecular weight is 567 g/mol. The Labute approximate surface area is 235 Å². The van der Waals surface area contributed by atoms with E-state index in [4.69, 9.17) is 47.4 Å². The maximum Gasteiger partial charge on any atom is 0.308 e. The van der Waals surface area contributed by atoms with Crippen molar-refractivity contribution >= 4 is 5.97 Å². The highest BCUT2D eigenvalue weighted by molar-refractivity contribution is 5.72. The van der Waals surface area contributed by atoms with Crippen molar-refractivity contribution in [2.24, 2.45) is 5.92 Å². The molecule has 0 spiro atoms. The normalized spacial score (nSPS) is 11.9. The first-order chi connectivity index (χ1) is 19.3. The third-order valence-electron chi connectivity index (χ3n) is 5.27. The molecule has 0 heterocycles. The van der Waals surface area contributed by atoms with Gasteiger partial charge in [0, 0.05) is 0 Å². The van der Waals surface area contributed by atoms with E-state index in [1.165, 1.54) is 6.26 Å². The summed E-state index contributed by atoms with van der Waals surface area (Å²) in [5, 5.41) is 0. The lowest BCUT2D eigenvalue weighted by Gasteiger charge is -2.13. The zero-order valence-electron chi connectivity index (χ0n) is 24.4. The van der Waals surface area contributed by atoms with Gasteiger partial charge in [0.1, 0.15) is 13.2 Å². The van der Waals surface area contributed by atoms with E-state index in [1.54, 1.807) is 0 Å². The van der Waals surface area contributed by atoms with Crippen molar-refractivity contribution in [1.82, 2.24) is 0 Å². The van der Waals surface area contributed by atoms with Crippen molar-refractivity contribution in [2.45, 2.75) is 39.5 Å². The van der Waals surface area contributed by atoms with Crippen LogP contribution in [0.1, 0.15) is 39.5 Å². The molecule has 0 bridgehead atoms. The fourth-order valence-corrected chi connectivity index (χ4v) is 3.09. The van der Waals surface area contributed by atoms with Crippen molar-refractivity contribution < 1.29 is 52.2 Å². The first-order valence-electron chi connectivity index (χ1n) is 14.3. The lowest BCUT2D eigenvalue weighted by molar-refractivity contribution is -0.150. The molecule has 0 aromatic heterocycles. The minimum atomic E-state index is -0.118. The van der Waals surface area contributed by atoms with E-state index in [0.29, 0.717) is 112 Å². The Hall–Kier alpha value is -1.31. The Kier molecular flexibility index (Phi) is 31.8. The van der Waals surface area contributed by atoms with E-state index in [2.05, 4.69) is 13.5 Å². The van der Waals surface area contributed by atoms with Gasteiger partial charge in [-0.3, -0.25) is 4.79 Å². The number of hydrogen-bond acceptors (Lipinski definition) is 11. The molecule has 11 nitrogen and oxygen atoms in total. The van der Waals surface area contributed by atoms with Crippen LogP contribution in [0.25, 0.3) is 0 Å². The van der Waals surface area contributed by atoms with Crippen molar-refractivity contribution in [2.75, 3.05) is 119 Å². The first kappa shape index (κ1) is 37.7. The first-order valence-corrected chi connectivity index (χ1v) is 14.3. The molecule has 0 saturated heterocycles. The summed E-state index contributed by atoms with van der Waals surface area (Å²) >= 11 is 0. The molecule has 39 heavy (non-hydrogen) atoms. The molecule has 0 radical (unpaired) electrons. The van der Waals surface area contributed by atoms with Gasteiger partial charge in [0.2, 0.25) is 0 Å². The summed E-state index contributed by atoms with van der Waals surface area (Å²) in [6.45, 7) is 16.3. The van der Waals surface area contributed by atoms with E-state index in [-0.39, 0.29) is 18.5 Å². The number of ether oxygens (including phenoxy) is 10. The molecule has 11 heteroatoms. The third kappa shape index (κ3) is 29.5. The summed E-state index contributed by atoms with van der Waals surface area (Å²) in [6, 6.07) is 0. The topological polar surface area (TPSA) is 109 Å². The van der Waals surface area contributed by atoms with Gasteiger partial charge in [0.15, 0.2) is 0 Å². The fraction of sp³-hybridized carbons (Fsp3) is 0.893. The Balaban J connectivity index is 3.16. The van der Waals surface area contributed by atoms with E-state index in [0.717, 1.165) is 25.7 Å². The highest BCUT2D eigenvalue weighted by Gasteiger charge is 2.16. The second kappa shape index (κ2) is 32.9. The Bertz CT molecular complexity index is 508. The van der Waals surface area contributed by atoms with E-state index >= 15 is 0 Å². The lowest BCUT2D eigenvalue weighted by atomic mass is 10.00. The van der Waals surface area contributed by atoms with Crippen molar-refractivity contribution in [3.8, 4) is 0 Å². The van der Waals surface area contributed by atoms with Crippen LogP contribution in [0.4, 0.5) is 0 Å². The molecule has 0 rings (SSSR count). The maximum atomic E-state index is 12.0. The molecule has 0 aliphatic rings. The van der Waals surface area contributed by atoms with Gasteiger partial charge in [-0.05, 0) is 12.8 Å². The van der Waals surface area contributed by atoms with Crippen LogP contribution in [0.3, 0.4) is 0 Å². The van der Waals surface area contributed by atoms with E-state index in [9.17, 15) is 4.79 Å². The number of carbonyl (C=O) groups excluding carboxylic acids is 1. The van der Waals surface area contributed by atoms with Gasteiger partial charge >= 0.3 is 5.97 Å².